The SMILES string of the molecule is CCOC(=O)C1(C(O)c2cn(Cc3ccccc3)nn2)CCN(C(=O)OC(C)(C)C)CC1. The van der Waals surface area contributed by atoms with Crippen molar-refractivity contribution in [2.45, 2.75) is 58.8 Å². The van der Waals surface area contributed by atoms with Crippen LogP contribution in [0.25, 0.3) is 0 Å². The van der Waals surface area contributed by atoms with Gasteiger partial charge in [-0.1, -0.05) is 35.5 Å². The van der Waals surface area contributed by atoms with Crippen molar-refractivity contribution in [2.24, 2.45) is 5.41 Å². The molecule has 1 unspecified atom stereocenters. The number of piperidine rings is 1. The second-order valence-corrected chi connectivity index (χ2v) is 9.07. The summed E-state index contributed by atoms with van der Waals surface area (Å²) in [5.74, 6) is -0.492. The maximum atomic E-state index is 13.0. The molecular weight excluding hydrogens is 412 g/mol. The van der Waals surface area contributed by atoms with Crippen molar-refractivity contribution in [3.63, 3.8) is 0 Å². The van der Waals surface area contributed by atoms with E-state index in [1.165, 1.54) is 0 Å². The van der Waals surface area contributed by atoms with Gasteiger partial charge in [-0.15, -0.1) is 5.10 Å². The lowest BCUT2D eigenvalue weighted by molar-refractivity contribution is -0.168. The van der Waals surface area contributed by atoms with E-state index in [9.17, 15) is 14.7 Å². The van der Waals surface area contributed by atoms with Crippen molar-refractivity contribution in [1.82, 2.24) is 19.9 Å². The van der Waals surface area contributed by atoms with Gasteiger partial charge in [-0.2, -0.15) is 0 Å². The van der Waals surface area contributed by atoms with Crippen LogP contribution in [0.15, 0.2) is 36.5 Å². The molecule has 9 nitrogen and oxygen atoms in total. The van der Waals surface area contributed by atoms with Gasteiger partial charge in [0.05, 0.1) is 19.3 Å². The third-order valence-corrected chi connectivity index (χ3v) is 5.54. The smallest absolute Gasteiger partial charge is 0.410 e. The maximum absolute atomic E-state index is 13.0. The molecule has 0 radical (unpaired) electrons. The van der Waals surface area contributed by atoms with Crippen LogP contribution in [-0.2, 0) is 20.8 Å². The number of amides is 1. The topological polar surface area (TPSA) is 107 Å². The standard InChI is InChI=1S/C23H32N4O5/c1-5-31-20(29)23(11-13-26(14-12-23)21(30)32-22(2,3)4)19(28)18-16-27(25-24-18)15-17-9-7-6-8-10-17/h6-10,16,19,28H,5,11-15H2,1-4H3. The number of rotatable bonds is 6. The number of hydrogen-bond acceptors (Lipinski definition) is 7. The molecule has 1 amide bonds. The van der Waals surface area contributed by atoms with E-state index >= 15 is 0 Å². The summed E-state index contributed by atoms with van der Waals surface area (Å²) in [6.45, 7) is 8.37. The third-order valence-electron chi connectivity index (χ3n) is 5.54. The highest BCUT2D eigenvalue weighted by molar-refractivity contribution is 5.78. The summed E-state index contributed by atoms with van der Waals surface area (Å²) in [7, 11) is 0. The Morgan fingerprint density at radius 1 is 1.19 bits per heavy atom. The first-order chi connectivity index (χ1) is 15.1. The molecule has 0 spiro atoms. The van der Waals surface area contributed by atoms with Gasteiger partial charge in [0.15, 0.2) is 0 Å². The van der Waals surface area contributed by atoms with E-state index < -0.39 is 29.2 Å². The van der Waals surface area contributed by atoms with Gasteiger partial charge in [-0.3, -0.25) is 4.79 Å². The highest BCUT2D eigenvalue weighted by Gasteiger charge is 2.51. The first-order valence-corrected chi connectivity index (χ1v) is 10.9. The fraction of sp³-hybridized carbons (Fsp3) is 0.565. The normalized spacial score (nSPS) is 17.0. The number of esters is 1. The minimum absolute atomic E-state index is 0.198. The monoisotopic (exact) mass is 444 g/mol. The van der Waals surface area contributed by atoms with Crippen LogP contribution in [0.4, 0.5) is 4.79 Å². The Bertz CT molecular complexity index is 914. The molecule has 1 aliphatic heterocycles. The lowest BCUT2D eigenvalue weighted by Crippen LogP contribution is -2.51. The lowest BCUT2D eigenvalue weighted by atomic mass is 9.72. The summed E-state index contributed by atoms with van der Waals surface area (Å²) >= 11 is 0. The molecular formula is C23H32N4O5. The number of carbonyl (C=O) groups is 2. The fourth-order valence-electron chi connectivity index (χ4n) is 3.85. The molecule has 1 atom stereocenters. The zero-order chi connectivity index (χ0) is 23.4. The number of aliphatic hydroxyl groups is 1. The molecule has 1 saturated heterocycles. The molecule has 1 N–H and O–H groups in total. The molecule has 0 bridgehead atoms. The van der Waals surface area contributed by atoms with Crippen LogP contribution in [0.2, 0.25) is 0 Å². The number of nitrogens with zero attached hydrogens (tertiary/aromatic N) is 4. The van der Waals surface area contributed by atoms with Crippen LogP contribution in [0.1, 0.15) is 57.9 Å². The first-order valence-electron chi connectivity index (χ1n) is 10.9. The van der Waals surface area contributed by atoms with Gasteiger partial charge >= 0.3 is 12.1 Å². The van der Waals surface area contributed by atoms with Crippen molar-refractivity contribution in [3.8, 4) is 0 Å². The van der Waals surface area contributed by atoms with E-state index in [1.54, 1.807) is 43.5 Å². The lowest BCUT2D eigenvalue weighted by Gasteiger charge is -2.42. The van der Waals surface area contributed by atoms with Crippen LogP contribution < -0.4 is 0 Å². The number of benzene rings is 1. The molecule has 1 fully saturated rings. The largest absolute Gasteiger partial charge is 0.465 e. The van der Waals surface area contributed by atoms with E-state index in [0.717, 1.165) is 5.56 Å². The van der Waals surface area contributed by atoms with E-state index in [-0.39, 0.29) is 32.5 Å². The number of carbonyl (C=O) groups excluding carboxylic acids is 2. The molecule has 1 aliphatic rings. The number of aliphatic hydroxyl groups excluding tert-OH is 1. The summed E-state index contributed by atoms with van der Waals surface area (Å²) in [5, 5.41) is 19.5. The van der Waals surface area contributed by atoms with E-state index in [1.807, 2.05) is 30.3 Å². The van der Waals surface area contributed by atoms with Gasteiger partial charge in [0.25, 0.3) is 0 Å². The average Bonchev–Trinajstić information content (AvgIpc) is 3.21. The zero-order valence-electron chi connectivity index (χ0n) is 19.2. The third kappa shape index (κ3) is 5.45. The summed E-state index contributed by atoms with van der Waals surface area (Å²) in [6, 6.07) is 9.77. The number of aromatic nitrogens is 3. The summed E-state index contributed by atoms with van der Waals surface area (Å²) < 4.78 is 12.4. The first kappa shape index (κ1) is 23.7. The molecule has 3 rings (SSSR count). The van der Waals surface area contributed by atoms with Crippen molar-refractivity contribution in [2.75, 3.05) is 19.7 Å². The minimum Gasteiger partial charge on any atom is -0.465 e. The molecule has 0 aliphatic carbocycles. The van der Waals surface area contributed by atoms with Gasteiger partial charge in [-0.25, -0.2) is 9.48 Å². The Morgan fingerprint density at radius 3 is 2.44 bits per heavy atom. The Labute approximate surface area is 188 Å². The molecule has 0 saturated carbocycles. The Kier molecular flexibility index (Phi) is 7.18. The molecule has 1 aromatic heterocycles. The van der Waals surface area contributed by atoms with Gasteiger partial charge in [0.2, 0.25) is 0 Å². The second-order valence-electron chi connectivity index (χ2n) is 9.07. The summed E-state index contributed by atoms with van der Waals surface area (Å²) in [5.41, 5.74) is -0.463. The van der Waals surface area contributed by atoms with Crippen LogP contribution >= 0.6 is 0 Å². The number of likely N-dealkylation sites (tertiary alicyclic amines) is 1. The molecule has 1 aromatic carbocycles. The predicted octanol–water partition coefficient (Wildman–Crippen LogP) is 2.94. The number of hydrogen-bond donors (Lipinski definition) is 1. The van der Waals surface area contributed by atoms with E-state index in [2.05, 4.69) is 10.3 Å². The molecule has 32 heavy (non-hydrogen) atoms. The van der Waals surface area contributed by atoms with E-state index in [4.69, 9.17) is 9.47 Å². The Hall–Kier alpha value is -2.94. The predicted molar refractivity (Wildman–Crippen MR) is 117 cm³/mol. The fourth-order valence-corrected chi connectivity index (χ4v) is 3.85. The Balaban J connectivity index is 1.76. The van der Waals surface area contributed by atoms with E-state index in [0.29, 0.717) is 12.2 Å². The van der Waals surface area contributed by atoms with Crippen molar-refractivity contribution in [3.05, 3.63) is 47.8 Å². The van der Waals surface area contributed by atoms with Gasteiger partial charge < -0.3 is 19.5 Å². The summed E-state index contributed by atoms with van der Waals surface area (Å²) in [4.78, 5) is 27.0. The molecule has 174 valence electrons. The Morgan fingerprint density at radius 2 is 1.84 bits per heavy atom. The van der Waals surface area contributed by atoms with Crippen LogP contribution in [0.3, 0.4) is 0 Å². The highest BCUT2D eigenvalue weighted by Crippen LogP contribution is 2.44. The molecule has 9 heteroatoms. The van der Waals surface area contributed by atoms with Gasteiger partial charge in [0, 0.05) is 13.1 Å². The van der Waals surface area contributed by atoms with Crippen molar-refractivity contribution < 1.29 is 24.2 Å². The highest BCUT2D eigenvalue weighted by atomic mass is 16.6. The molecule has 2 aromatic rings. The number of ether oxygens (including phenoxy) is 2. The minimum atomic E-state index is -1.21. The summed E-state index contributed by atoms with van der Waals surface area (Å²) in [6.07, 6.45) is 0.485. The van der Waals surface area contributed by atoms with Crippen molar-refractivity contribution >= 4 is 12.1 Å². The van der Waals surface area contributed by atoms with Crippen molar-refractivity contribution in [1.29, 1.82) is 0 Å². The van der Waals surface area contributed by atoms with Crippen LogP contribution in [0, 0.1) is 5.41 Å². The van der Waals surface area contributed by atoms with Gasteiger partial charge in [0.1, 0.15) is 22.8 Å². The zero-order valence-corrected chi connectivity index (χ0v) is 19.2. The van der Waals surface area contributed by atoms with Crippen LogP contribution in [0.5, 0.6) is 0 Å². The van der Waals surface area contributed by atoms with Gasteiger partial charge in [-0.05, 0) is 46.1 Å². The van der Waals surface area contributed by atoms with Crippen LogP contribution in [-0.4, -0.2) is 62.4 Å². The quantitative estimate of drug-likeness (QED) is 0.683. The average molecular weight is 445 g/mol. The maximum Gasteiger partial charge on any atom is 0.410 e. The second kappa shape index (κ2) is 9.68. The molecule has 2 heterocycles.